The lowest BCUT2D eigenvalue weighted by atomic mass is 9.81. The Morgan fingerprint density at radius 2 is 2.16 bits per heavy atom. The first-order chi connectivity index (χ1) is 14.8. The van der Waals surface area contributed by atoms with Crippen LogP contribution >= 0.6 is 0 Å². The zero-order valence-electron chi connectivity index (χ0n) is 17.6. The summed E-state index contributed by atoms with van der Waals surface area (Å²) in [6, 6.07) is 5.32. The number of sulfonamides is 1. The molecule has 2 aliphatic rings. The third kappa shape index (κ3) is 4.49. The normalized spacial score (nSPS) is 23.4. The van der Waals surface area contributed by atoms with Gasteiger partial charge in [-0.3, -0.25) is 10.9 Å². The van der Waals surface area contributed by atoms with Crippen LogP contribution in [0.4, 0.5) is 21.8 Å². The van der Waals surface area contributed by atoms with E-state index in [2.05, 4.69) is 26.1 Å². The van der Waals surface area contributed by atoms with Crippen LogP contribution in [0.2, 0.25) is 0 Å². The number of nitrogens with one attached hydrogen (secondary N) is 3. The fourth-order valence-electron chi connectivity index (χ4n) is 4.67. The van der Waals surface area contributed by atoms with Crippen molar-refractivity contribution in [2.75, 3.05) is 23.3 Å². The number of hydrogen-bond donors (Lipinski definition) is 4. The Morgan fingerprint density at radius 1 is 1.35 bits per heavy atom. The second kappa shape index (κ2) is 8.65. The van der Waals surface area contributed by atoms with Gasteiger partial charge in [-0.25, -0.2) is 22.9 Å². The van der Waals surface area contributed by atoms with Crippen molar-refractivity contribution < 1.29 is 12.8 Å². The van der Waals surface area contributed by atoms with E-state index in [1.54, 1.807) is 19.1 Å². The van der Waals surface area contributed by atoms with Crippen LogP contribution in [0.3, 0.4) is 0 Å². The number of aryl methyl sites for hydroxylation is 1. The van der Waals surface area contributed by atoms with Gasteiger partial charge in [0.15, 0.2) is 11.6 Å². The molecule has 0 radical (unpaired) electrons. The van der Waals surface area contributed by atoms with E-state index in [4.69, 9.17) is 5.14 Å². The minimum absolute atomic E-state index is 0.0181. The Balaban J connectivity index is 1.63. The van der Waals surface area contributed by atoms with Crippen molar-refractivity contribution in [2.45, 2.75) is 50.1 Å². The minimum atomic E-state index is -3.86. The van der Waals surface area contributed by atoms with E-state index in [9.17, 15) is 12.8 Å². The highest BCUT2D eigenvalue weighted by atomic mass is 32.2. The van der Waals surface area contributed by atoms with E-state index in [1.807, 2.05) is 11.8 Å². The number of hydrogen-bond acceptors (Lipinski definition) is 8. The molecule has 0 bridgehead atoms. The number of halogens is 1. The molecule has 31 heavy (non-hydrogen) atoms. The largest absolute Gasteiger partial charge is 0.351 e. The second-order valence-electron chi connectivity index (χ2n) is 8.10. The first-order valence-corrected chi connectivity index (χ1v) is 12.0. The van der Waals surface area contributed by atoms with Crippen LogP contribution in [0.25, 0.3) is 0 Å². The maximum Gasteiger partial charge on any atom is 0.238 e. The number of aromatic nitrogens is 2. The third-order valence-electron chi connectivity index (χ3n) is 6.14. The van der Waals surface area contributed by atoms with Gasteiger partial charge in [-0.05, 0) is 50.8 Å². The van der Waals surface area contributed by atoms with Gasteiger partial charge in [0.2, 0.25) is 16.0 Å². The molecule has 2 heterocycles. The highest BCUT2D eigenvalue weighted by molar-refractivity contribution is 7.89. The number of benzene rings is 1. The standard InChI is InChI=1S/C20H28FN7O2S/c1-3-28(17-6-4-5-16-14(17)10-24-27-16)19-15(21)11-23-20(26-19)25-13-8-7-12(2)18(9-13)31(22,29)30/h7-9,11,14,16-17,24,27H,3-6,10H2,1-2H3,(H2,22,29,30)(H,23,25,26). The average molecular weight is 450 g/mol. The lowest BCUT2D eigenvalue weighted by Gasteiger charge is -2.40. The predicted molar refractivity (Wildman–Crippen MR) is 117 cm³/mol. The predicted octanol–water partition coefficient (Wildman–Crippen LogP) is 1.79. The van der Waals surface area contributed by atoms with E-state index >= 15 is 0 Å². The van der Waals surface area contributed by atoms with Crippen LogP contribution in [0.15, 0.2) is 29.3 Å². The van der Waals surface area contributed by atoms with E-state index in [0.717, 1.165) is 32.0 Å². The van der Waals surface area contributed by atoms with Crippen LogP contribution < -0.4 is 26.2 Å². The van der Waals surface area contributed by atoms with E-state index in [1.165, 1.54) is 6.07 Å². The monoisotopic (exact) mass is 449 g/mol. The number of anilines is 3. The van der Waals surface area contributed by atoms with E-state index in [0.29, 0.717) is 29.8 Å². The number of hydrazine groups is 1. The van der Waals surface area contributed by atoms with Gasteiger partial charge in [0.25, 0.3) is 0 Å². The molecule has 9 nitrogen and oxygen atoms in total. The molecule has 2 aromatic rings. The molecule has 11 heteroatoms. The zero-order valence-corrected chi connectivity index (χ0v) is 18.4. The van der Waals surface area contributed by atoms with Gasteiger partial charge in [0.1, 0.15) is 0 Å². The summed E-state index contributed by atoms with van der Waals surface area (Å²) >= 11 is 0. The van der Waals surface area contributed by atoms with E-state index in [-0.39, 0.29) is 22.7 Å². The van der Waals surface area contributed by atoms with Gasteiger partial charge in [0, 0.05) is 36.8 Å². The fourth-order valence-corrected chi connectivity index (χ4v) is 5.48. The van der Waals surface area contributed by atoms with Crippen molar-refractivity contribution in [1.82, 2.24) is 20.8 Å². The molecular formula is C20H28FN7O2S. The van der Waals surface area contributed by atoms with Gasteiger partial charge >= 0.3 is 0 Å². The maximum atomic E-state index is 14.8. The fraction of sp³-hybridized carbons (Fsp3) is 0.500. The summed E-state index contributed by atoms with van der Waals surface area (Å²) in [5.74, 6) is 0.321. The van der Waals surface area contributed by atoms with Gasteiger partial charge in [-0.2, -0.15) is 4.98 Å². The summed E-state index contributed by atoms with van der Waals surface area (Å²) in [5.41, 5.74) is 7.55. The number of nitrogens with zero attached hydrogens (tertiary/aromatic N) is 3. The molecule has 0 amide bonds. The van der Waals surface area contributed by atoms with Crippen molar-refractivity contribution in [3.8, 4) is 0 Å². The molecule has 1 aromatic heterocycles. The molecule has 1 saturated carbocycles. The highest BCUT2D eigenvalue weighted by Gasteiger charge is 2.40. The Morgan fingerprint density at radius 3 is 2.90 bits per heavy atom. The van der Waals surface area contributed by atoms with Crippen molar-refractivity contribution >= 4 is 27.5 Å². The molecule has 0 spiro atoms. The molecule has 4 rings (SSSR count). The van der Waals surface area contributed by atoms with Crippen LogP contribution in [0, 0.1) is 18.7 Å². The highest BCUT2D eigenvalue weighted by Crippen LogP contribution is 2.34. The average Bonchev–Trinajstić information content (AvgIpc) is 3.21. The van der Waals surface area contributed by atoms with Crippen molar-refractivity contribution in [1.29, 1.82) is 0 Å². The molecule has 168 valence electrons. The Bertz CT molecular complexity index is 1070. The quantitative estimate of drug-likeness (QED) is 0.526. The summed E-state index contributed by atoms with van der Waals surface area (Å²) in [6.07, 6.45) is 4.28. The van der Waals surface area contributed by atoms with Gasteiger partial charge in [-0.1, -0.05) is 6.07 Å². The molecule has 1 aromatic carbocycles. The molecule has 1 aliphatic carbocycles. The van der Waals surface area contributed by atoms with Crippen molar-refractivity contribution in [2.24, 2.45) is 11.1 Å². The van der Waals surface area contributed by atoms with Crippen LogP contribution in [-0.4, -0.2) is 43.6 Å². The Hall–Kier alpha value is -2.34. The summed E-state index contributed by atoms with van der Waals surface area (Å²) in [4.78, 5) is 10.5. The third-order valence-corrected chi connectivity index (χ3v) is 7.19. The second-order valence-corrected chi connectivity index (χ2v) is 9.63. The first-order valence-electron chi connectivity index (χ1n) is 10.5. The smallest absolute Gasteiger partial charge is 0.238 e. The first kappa shape index (κ1) is 21.9. The number of rotatable bonds is 6. The van der Waals surface area contributed by atoms with Gasteiger partial charge in [0.05, 0.1) is 11.1 Å². The van der Waals surface area contributed by atoms with Crippen molar-refractivity contribution in [3.05, 3.63) is 35.8 Å². The molecule has 1 saturated heterocycles. The SMILES string of the molecule is CCN(c1nc(Nc2ccc(C)c(S(N)(=O)=O)c2)ncc1F)C1CCCC2NNCC21. The summed E-state index contributed by atoms with van der Waals surface area (Å²) in [6.45, 7) is 5.11. The van der Waals surface area contributed by atoms with Gasteiger partial charge < -0.3 is 10.2 Å². The minimum Gasteiger partial charge on any atom is -0.351 e. The summed E-state index contributed by atoms with van der Waals surface area (Å²) in [5, 5.41) is 8.27. The van der Waals surface area contributed by atoms with Gasteiger partial charge in [-0.15, -0.1) is 0 Å². The summed E-state index contributed by atoms with van der Waals surface area (Å²) in [7, 11) is -3.86. The molecule has 3 atom stereocenters. The number of nitrogens with two attached hydrogens (primary N) is 1. The summed E-state index contributed by atoms with van der Waals surface area (Å²) < 4.78 is 38.4. The number of primary sulfonamides is 1. The van der Waals surface area contributed by atoms with Crippen LogP contribution in [0.1, 0.15) is 31.7 Å². The Kier molecular flexibility index (Phi) is 6.11. The lowest BCUT2D eigenvalue weighted by molar-refractivity contribution is 0.278. The molecule has 5 N–H and O–H groups in total. The maximum absolute atomic E-state index is 14.8. The van der Waals surface area contributed by atoms with Crippen molar-refractivity contribution in [3.63, 3.8) is 0 Å². The molecule has 3 unspecified atom stereocenters. The topological polar surface area (TPSA) is 125 Å². The number of fused-ring (bicyclic) bond motifs is 1. The van der Waals surface area contributed by atoms with Crippen LogP contribution in [-0.2, 0) is 10.0 Å². The zero-order chi connectivity index (χ0) is 22.2. The lowest BCUT2D eigenvalue weighted by Crippen LogP contribution is -2.49. The van der Waals surface area contributed by atoms with E-state index < -0.39 is 15.8 Å². The molecule has 2 fully saturated rings. The molecule has 1 aliphatic heterocycles. The Labute approximate surface area is 181 Å². The molecular weight excluding hydrogens is 421 g/mol. The van der Waals surface area contributed by atoms with Crippen LogP contribution in [0.5, 0.6) is 0 Å².